The van der Waals surface area contributed by atoms with Gasteiger partial charge in [-0.05, 0) is 126 Å². The molecule has 0 N–H and O–H groups in total. The number of fused-ring (bicyclic) bond motifs is 4. The first kappa shape index (κ1) is 33.6. The van der Waals surface area contributed by atoms with E-state index >= 15 is 0 Å². The molecular formula is C55H41N. The van der Waals surface area contributed by atoms with Crippen LogP contribution in [0.4, 0.5) is 17.1 Å². The highest BCUT2D eigenvalue weighted by atomic mass is 15.1. The second-order valence-corrected chi connectivity index (χ2v) is 15.4. The first-order chi connectivity index (χ1) is 27.5. The summed E-state index contributed by atoms with van der Waals surface area (Å²) in [6.45, 7) is 4.75. The van der Waals surface area contributed by atoms with E-state index in [9.17, 15) is 0 Å². The Labute approximate surface area is 329 Å². The molecule has 0 saturated carbocycles. The predicted octanol–water partition coefficient (Wildman–Crippen LogP) is 15.3. The van der Waals surface area contributed by atoms with Crippen LogP contribution in [0.3, 0.4) is 0 Å². The van der Waals surface area contributed by atoms with E-state index in [-0.39, 0.29) is 5.41 Å². The van der Waals surface area contributed by atoms with Crippen LogP contribution in [0.1, 0.15) is 25.0 Å². The molecule has 0 aromatic heterocycles. The summed E-state index contributed by atoms with van der Waals surface area (Å²) in [6.07, 6.45) is 0. The molecule has 0 radical (unpaired) electrons. The zero-order valence-corrected chi connectivity index (χ0v) is 31.7. The first-order valence-corrected chi connectivity index (χ1v) is 19.5. The molecule has 9 aromatic rings. The molecule has 0 unspecified atom stereocenters. The fraction of sp³-hybridized carbons (Fsp3) is 0.0545. The second kappa shape index (κ2) is 13.7. The number of rotatable bonds is 7. The third kappa shape index (κ3) is 5.81. The van der Waals surface area contributed by atoms with Crippen LogP contribution in [0, 0.1) is 0 Å². The highest BCUT2D eigenvalue weighted by Gasteiger charge is 2.37. The van der Waals surface area contributed by atoms with Crippen LogP contribution >= 0.6 is 0 Å². The molecule has 266 valence electrons. The number of nitrogens with zero attached hydrogens (tertiary/aromatic N) is 1. The largest absolute Gasteiger partial charge is 0.310 e. The third-order valence-corrected chi connectivity index (χ3v) is 11.6. The molecule has 0 fully saturated rings. The fourth-order valence-electron chi connectivity index (χ4n) is 8.81. The van der Waals surface area contributed by atoms with Gasteiger partial charge < -0.3 is 4.90 Å². The lowest BCUT2D eigenvalue weighted by Crippen LogP contribution is -2.16. The van der Waals surface area contributed by atoms with Crippen LogP contribution in [0.15, 0.2) is 212 Å². The molecule has 1 heteroatoms. The Hall–Kier alpha value is -6.96. The number of benzene rings is 9. The molecule has 1 aliphatic rings. The normalized spacial score (nSPS) is 12.6. The molecule has 0 heterocycles. The minimum absolute atomic E-state index is 0.167. The van der Waals surface area contributed by atoms with Crippen molar-refractivity contribution in [1.82, 2.24) is 0 Å². The van der Waals surface area contributed by atoms with Gasteiger partial charge in [0.1, 0.15) is 0 Å². The summed E-state index contributed by atoms with van der Waals surface area (Å²) < 4.78 is 0. The lowest BCUT2D eigenvalue weighted by Gasteiger charge is -2.28. The maximum atomic E-state index is 2.43. The van der Waals surface area contributed by atoms with Gasteiger partial charge >= 0.3 is 0 Å². The van der Waals surface area contributed by atoms with E-state index < -0.39 is 0 Å². The van der Waals surface area contributed by atoms with Gasteiger partial charge in [-0.25, -0.2) is 0 Å². The molecular weight excluding hydrogens is 675 g/mol. The smallest absolute Gasteiger partial charge is 0.0467 e. The molecule has 0 aliphatic heterocycles. The molecule has 1 aliphatic carbocycles. The maximum absolute atomic E-state index is 2.43. The van der Waals surface area contributed by atoms with Gasteiger partial charge in [0, 0.05) is 22.5 Å². The molecule has 0 atom stereocenters. The van der Waals surface area contributed by atoms with E-state index in [1.165, 1.54) is 77.5 Å². The van der Waals surface area contributed by atoms with Gasteiger partial charge in [0.25, 0.3) is 0 Å². The molecule has 9 aromatic carbocycles. The average molecular weight is 716 g/mol. The molecule has 1 nitrogen and oxygen atoms in total. The van der Waals surface area contributed by atoms with Crippen molar-refractivity contribution in [3.8, 4) is 55.6 Å². The van der Waals surface area contributed by atoms with Gasteiger partial charge in [0.15, 0.2) is 0 Å². The average Bonchev–Trinajstić information content (AvgIpc) is 3.50. The van der Waals surface area contributed by atoms with Crippen LogP contribution in [-0.2, 0) is 5.41 Å². The van der Waals surface area contributed by atoms with Crippen molar-refractivity contribution in [2.24, 2.45) is 0 Å². The first-order valence-electron chi connectivity index (χ1n) is 19.5. The maximum Gasteiger partial charge on any atom is 0.0467 e. The van der Waals surface area contributed by atoms with Gasteiger partial charge in [-0.15, -0.1) is 0 Å². The predicted molar refractivity (Wildman–Crippen MR) is 238 cm³/mol. The summed E-state index contributed by atoms with van der Waals surface area (Å²) in [5, 5.41) is 2.51. The Kier molecular flexibility index (Phi) is 8.23. The highest BCUT2D eigenvalue weighted by Crippen LogP contribution is 2.53. The monoisotopic (exact) mass is 715 g/mol. The summed E-state index contributed by atoms with van der Waals surface area (Å²) in [6, 6.07) is 77.5. The van der Waals surface area contributed by atoms with Crippen molar-refractivity contribution in [2.75, 3.05) is 4.90 Å². The molecule has 0 bridgehead atoms. The third-order valence-electron chi connectivity index (χ3n) is 11.6. The Morgan fingerprint density at radius 3 is 1.62 bits per heavy atom. The summed E-state index contributed by atoms with van der Waals surface area (Å²) >= 11 is 0. The van der Waals surface area contributed by atoms with E-state index in [2.05, 4.69) is 231 Å². The molecule has 56 heavy (non-hydrogen) atoms. The van der Waals surface area contributed by atoms with Gasteiger partial charge in [-0.3, -0.25) is 0 Å². The highest BCUT2D eigenvalue weighted by molar-refractivity contribution is 6.00. The zero-order valence-electron chi connectivity index (χ0n) is 31.7. The summed E-state index contributed by atoms with van der Waals surface area (Å²) in [5.74, 6) is 0. The van der Waals surface area contributed by atoms with Crippen LogP contribution in [0.25, 0.3) is 66.4 Å². The molecule has 0 saturated heterocycles. The van der Waals surface area contributed by atoms with Gasteiger partial charge in [-0.1, -0.05) is 178 Å². The fourth-order valence-corrected chi connectivity index (χ4v) is 8.81. The van der Waals surface area contributed by atoms with E-state index in [1.54, 1.807) is 0 Å². The Bertz CT molecular complexity index is 2850. The second-order valence-electron chi connectivity index (χ2n) is 15.4. The van der Waals surface area contributed by atoms with Crippen LogP contribution in [0.5, 0.6) is 0 Å². The van der Waals surface area contributed by atoms with E-state index in [4.69, 9.17) is 0 Å². The number of anilines is 3. The lowest BCUT2D eigenvalue weighted by atomic mass is 9.81. The Balaban J connectivity index is 1.11. The molecule has 10 rings (SSSR count). The Morgan fingerprint density at radius 1 is 0.321 bits per heavy atom. The summed E-state index contributed by atoms with van der Waals surface area (Å²) in [7, 11) is 0. The van der Waals surface area contributed by atoms with Gasteiger partial charge in [-0.2, -0.15) is 0 Å². The van der Waals surface area contributed by atoms with Gasteiger partial charge in [0.05, 0.1) is 0 Å². The molecule has 0 spiro atoms. The quantitative estimate of drug-likeness (QED) is 0.159. The number of hydrogen-bond donors (Lipinski definition) is 0. The lowest BCUT2D eigenvalue weighted by molar-refractivity contribution is 0.660. The zero-order chi connectivity index (χ0) is 37.6. The van der Waals surface area contributed by atoms with Crippen LogP contribution < -0.4 is 4.90 Å². The van der Waals surface area contributed by atoms with Crippen molar-refractivity contribution in [3.63, 3.8) is 0 Å². The van der Waals surface area contributed by atoms with Crippen molar-refractivity contribution in [3.05, 3.63) is 223 Å². The topological polar surface area (TPSA) is 3.24 Å². The van der Waals surface area contributed by atoms with Crippen LogP contribution in [-0.4, -0.2) is 0 Å². The van der Waals surface area contributed by atoms with Crippen molar-refractivity contribution < 1.29 is 0 Å². The van der Waals surface area contributed by atoms with Gasteiger partial charge in [0.2, 0.25) is 0 Å². The minimum Gasteiger partial charge on any atom is -0.310 e. The van der Waals surface area contributed by atoms with E-state index in [0.717, 1.165) is 17.1 Å². The van der Waals surface area contributed by atoms with Crippen molar-refractivity contribution in [1.29, 1.82) is 0 Å². The Morgan fingerprint density at radius 2 is 0.893 bits per heavy atom. The van der Waals surface area contributed by atoms with Crippen LogP contribution in [0.2, 0.25) is 0 Å². The van der Waals surface area contributed by atoms with Crippen molar-refractivity contribution in [2.45, 2.75) is 19.3 Å². The minimum atomic E-state index is -0.167. The number of hydrogen-bond acceptors (Lipinski definition) is 1. The molecule has 0 amide bonds. The standard InChI is InChI=1S/C55H41N/c1-55(2)52-27-15-26-49(40-18-8-4-9-19-40)54(52)50-33-32-47(37-53(50)55)56(46-24-14-23-42(35-46)38-16-6-3-7-17-38)45-30-28-39(29-31-45)44-34-43-22-12-13-25-48(43)51(36-44)41-20-10-5-11-21-41/h3-37H,1-2H3. The van der Waals surface area contributed by atoms with E-state index in [0.29, 0.717) is 0 Å². The summed E-state index contributed by atoms with van der Waals surface area (Å²) in [5.41, 5.74) is 18.4. The summed E-state index contributed by atoms with van der Waals surface area (Å²) in [4.78, 5) is 2.42. The van der Waals surface area contributed by atoms with E-state index in [1.807, 2.05) is 0 Å². The SMILES string of the molecule is CC1(C)c2cc(N(c3ccc(-c4cc(-c5ccccc5)c5ccccc5c4)cc3)c3cccc(-c4ccccc4)c3)ccc2-c2c(-c3ccccc3)cccc21. The van der Waals surface area contributed by atoms with Crippen molar-refractivity contribution >= 4 is 27.8 Å².